The molecule has 0 aliphatic heterocycles. The van der Waals surface area contributed by atoms with Crippen LogP contribution in [0.25, 0.3) is 12.2 Å². The van der Waals surface area contributed by atoms with Gasteiger partial charge in [-0.2, -0.15) is 8.78 Å². The largest absolute Gasteiger partial charge is 0.505 e. The van der Waals surface area contributed by atoms with Crippen molar-refractivity contribution in [2.75, 3.05) is 21.3 Å². The molecule has 30 heavy (non-hydrogen) atoms. The van der Waals surface area contributed by atoms with Crippen LogP contribution < -0.4 is 23.8 Å². The molecule has 0 aliphatic carbocycles. The van der Waals surface area contributed by atoms with E-state index in [0.717, 1.165) is 6.07 Å². The van der Waals surface area contributed by atoms with Gasteiger partial charge in [0.2, 0.25) is 11.5 Å². The summed E-state index contributed by atoms with van der Waals surface area (Å²) in [4.78, 5) is 22.0. The van der Waals surface area contributed by atoms with Crippen LogP contribution in [-0.2, 0) is 9.24 Å². The van der Waals surface area contributed by atoms with Gasteiger partial charge in [-0.25, -0.2) is 4.57 Å². The lowest BCUT2D eigenvalue weighted by Crippen LogP contribution is -2.05. The standard InChI is InChI=1S/C18H19F2O9P/c1-24-15-9-12(10-16(25-2)17(15)26-3)5-4-11-6-7-13(27-18(19)20)14(8-11)28-29-30(21,22)23/h4-10,18H,1-3H3,(H2,21,22,23). The number of methoxy groups -OCH3 is 3. The maximum Gasteiger partial charge on any atom is 0.505 e. The van der Waals surface area contributed by atoms with Gasteiger partial charge in [-0.15, -0.1) is 0 Å². The highest BCUT2D eigenvalue weighted by Gasteiger charge is 2.20. The summed E-state index contributed by atoms with van der Waals surface area (Å²) < 4.78 is 59.8. The molecular formula is C18H19F2O9P. The summed E-state index contributed by atoms with van der Waals surface area (Å²) >= 11 is 0. The Bertz CT molecular complexity index is 918. The minimum atomic E-state index is -5.01. The van der Waals surface area contributed by atoms with Crippen molar-refractivity contribution in [3.8, 4) is 28.7 Å². The van der Waals surface area contributed by atoms with E-state index in [4.69, 9.17) is 24.0 Å². The van der Waals surface area contributed by atoms with Crippen LogP contribution in [0.3, 0.4) is 0 Å². The average Bonchev–Trinajstić information content (AvgIpc) is 2.69. The summed E-state index contributed by atoms with van der Waals surface area (Å²) in [5, 5.41) is 0. The van der Waals surface area contributed by atoms with Crippen LogP contribution in [0.15, 0.2) is 30.3 Å². The molecule has 0 aromatic heterocycles. The lowest BCUT2D eigenvalue weighted by atomic mass is 10.1. The molecule has 2 rings (SSSR count). The van der Waals surface area contributed by atoms with Crippen molar-refractivity contribution >= 4 is 20.0 Å². The van der Waals surface area contributed by atoms with E-state index in [1.807, 2.05) is 0 Å². The fourth-order valence-corrected chi connectivity index (χ4v) is 2.54. The molecular weight excluding hydrogens is 429 g/mol. The quantitative estimate of drug-likeness (QED) is 0.242. The lowest BCUT2D eigenvalue weighted by Gasteiger charge is -2.13. The second-order valence-corrected chi connectivity index (χ2v) is 6.66. The Morgan fingerprint density at radius 3 is 1.93 bits per heavy atom. The van der Waals surface area contributed by atoms with Gasteiger partial charge in [0.05, 0.1) is 21.3 Å². The molecule has 164 valence electrons. The summed E-state index contributed by atoms with van der Waals surface area (Å²) in [5.41, 5.74) is 1.08. The second kappa shape index (κ2) is 10.3. The Morgan fingerprint density at radius 2 is 1.43 bits per heavy atom. The second-order valence-electron chi connectivity index (χ2n) is 5.53. The van der Waals surface area contributed by atoms with E-state index < -0.39 is 25.9 Å². The van der Waals surface area contributed by atoms with Crippen LogP contribution in [0.4, 0.5) is 8.78 Å². The minimum Gasteiger partial charge on any atom is -0.493 e. The van der Waals surface area contributed by atoms with E-state index in [-0.39, 0.29) is 0 Å². The Hall–Kier alpha value is -2.85. The third-order valence-electron chi connectivity index (χ3n) is 3.56. The zero-order valence-electron chi connectivity index (χ0n) is 16.1. The van der Waals surface area contributed by atoms with Gasteiger partial charge in [0.15, 0.2) is 17.2 Å². The number of halogens is 2. The highest BCUT2D eigenvalue weighted by atomic mass is 31.2. The van der Waals surface area contributed by atoms with Gasteiger partial charge < -0.3 is 33.6 Å². The predicted molar refractivity (Wildman–Crippen MR) is 102 cm³/mol. The van der Waals surface area contributed by atoms with Gasteiger partial charge in [0, 0.05) is 0 Å². The van der Waals surface area contributed by atoms with Gasteiger partial charge in [-0.05, 0) is 35.4 Å². The molecule has 2 aromatic carbocycles. The van der Waals surface area contributed by atoms with Crippen molar-refractivity contribution in [3.63, 3.8) is 0 Å². The molecule has 0 aliphatic rings. The van der Waals surface area contributed by atoms with Gasteiger partial charge in [0.1, 0.15) is 0 Å². The number of alkyl halides is 2. The van der Waals surface area contributed by atoms with Crippen molar-refractivity contribution in [2.45, 2.75) is 6.61 Å². The van der Waals surface area contributed by atoms with Crippen molar-refractivity contribution < 1.29 is 51.6 Å². The number of ether oxygens (including phenoxy) is 4. The molecule has 0 bridgehead atoms. The normalized spacial score (nSPS) is 11.6. The first-order valence-corrected chi connectivity index (χ1v) is 9.68. The van der Waals surface area contributed by atoms with E-state index in [9.17, 15) is 13.3 Å². The Morgan fingerprint density at radius 1 is 0.867 bits per heavy atom. The van der Waals surface area contributed by atoms with Gasteiger partial charge in [-0.1, -0.05) is 22.9 Å². The van der Waals surface area contributed by atoms with Crippen molar-refractivity contribution in [1.29, 1.82) is 0 Å². The zero-order chi connectivity index (χ0) is 22.3. The van der Waals surface area contributed by atoms with E-state index in [0.29, 0.717) is 28.4 Å². The van der Waals surface area contributed by atoms with Crippen LogP contribution in [0.2, 0.25) is 0 Å². The zero-order valence-corrected chi connectivity index (χ0v) is 17.0. The SMILES string of the molecule is COc1cc(C=Cc2ccc(OC(F)F)c(OOP(=O)(O)O)c2)cc(OC)c1OC. The molecule has 12 heteroatoms. The molecule has 0 spiro atoms. The first kappa shape index (κ1) is 23.4. The third kappa shape index (κ3) is 6.60. The molecule has 0 fully saturated rings. The smallest absolute Gasteiger partial charge is 0.493 e. The molecule has 0 radical (unpaired) electrons. The maximum absolute atomic E-state index is 12.5. The lowest BCUT2D eigenvalue weighted by molar-refractivity contribution is -0.128. The highest BCUT2D eigenvalue weighted by Crippen LogP contribution is 2.40. The molecule has 0 saturated carbocycles. The molecule has 2 N–H and O–H groups in total. The summed E-state index contributed by atoms with van der Waals surface area (Å²) in [5.74, 6) is 0.345. The van der Waals surface area contributed by atoms with E-state index in [1.165, 1.54) is 33.5 Å². The fourth-order valence-electron chi connectivity index (χ4n) is 2.37. The summed E-state index contributed by atoms with van der Waals surface area (Å²) in [6.07, 6.45) is 3.23. The molecule has 9 nitrogen and oxygen atoms in total. The van der Waals surface area contributed by atoms with Gasteiger partial charge >= 0.3 is 14.4 Å². The van der Waals surface area contributed by atoms with E-state index >= 15 is 0 Å². The monoisotopic (exact) mass is 448 g/mol. The van der Waals surface area contributed by atoms with Crippen molar-refractivity contribution in [3.05, 3.63) is 41.5 Å². The van der Waals surface area contributed by atoms with Crippen LogP contribution in [0.1, 0.15) is 11.1 Å². The Balaban J connectivity index is 2.35. The van der Waals surface area contributed by atoms with Crippen LogP contribution in [0, 0.1) is 0 Å². The van der Waals surface area contributed by atoms with Crippen LogP contribution >= 0.6 is 7.82 Å². The van der Waals surface area contributed by atoms with Crippen LogP contribution in [-0.4, -0.2) is 37.7 Å². The first-order chi connectivity index (χ1) is 14.2. The topological polar surface area (TPSA) is 113 Å². The van der Waals surface area contributed by atoms with Crippen molar-refractivity contribution in [1.82, 2.24) is 0 Å². The average molecular weight is 448 g/mol. The first-order valence-electron chi connectivity index (χ1n) is 8.15. The Labute approximate surface area is 170 Å². The number of hydrogen-bond donors (Lipinski definition) is 2. The van der Waals surface area contributed by atoms with Gasteiger partial charge in [0.25, 0.3) is 0 Å². The number of rotatable bonds is 10. The minimum absolute atomic E-state index is 0.413. The van der Waals surface area contributed by atoms with E-state index in [2.05, 4.69) is 14.3 Å². The highest BCUT2D eigenvalue weighted by molar-refractivity contribution is 7.46. The van der Waals surface area contributed by atoms with Gasteiger partial charge in [-0.3, -0.25) is 0 Å². The summed E-state index contributed by atoms with van der Waals surface area (Å²) in [6.45, 7) is -3.18. The van der Waals surface area contributed by atoms with E-state index in [1.54, 1.807) is 24.3 Å². The van der Waals surface area contributed by atoms with Crippen molar-refractivity contribution in [2.24, 2.45) is 0 Å². The number of hydrogen-bond acceptors (Lipinski definition) is 7. The van der Waals surface area contributed by atoms with Crippen LogP contribution in [0.5, 0.6) is 28.7 Å². The maximum atomic E-state index is 12.5. The predicted octanol–water partition coefficient (Wildman–Crippen LogP) is 3.89. The molecule has 2 aromatic rings. The third-order valence-corrected chi connectivity index (χ3v) is 3.83. The molecule has 0 unspecified atom stereocenters. The Kier molecular flexibility index (Phi) is 8.01. The molecule has 0 atom stereocenters. The number of phosphoric acid groups is 1. The molecule has 0 saturated heterocycles. The summed E-state index contributed by atoms with van der Waals surface area (Å²) in [6, 6.07) is 7.12. The molecule has 0 amide bonds. The summed E-state index contributed by atoms with van der Waals surface area (Å²) in [7, 11) is -0.601. The number of benzene rings is 2. The molecule has 0 heterocycles. The fraction of sp³-hybridized carbons (Fsp3) is 0.222.